The molecule has 26 heavy (non-hydrogen) atoms. The predicted octanol–water partition coefficient (Wildman–Crippen LogP) is 3.01. The van der Waals surface area contributed by atoms with E-state index in [1.807, 2.05) is 32.3 Å². The van der Waals surface area contributed by atoms with Gasteiger partial charge in [-0.05, 0) is 49.3 Å². The molecule has 0 radical (unpaired) electrons. The topological polar surface area (TPSA) is 50.8 Å². The van der Waals surface area contributed by atoms with E-state index >= 15 is 0 Å². The van der Waals surface area contributed by atoms with E-state index in [4.69, 9.17) is 9.47 Å². The normalized spacial score (nSPS) is 10.7. The van der Waals surface area contributed by atoms with E-state index in [0.29, 0.717) is 19.4 Å². The van der Waals surface area contributed by atoms with Crippen LogP contribution in [0.2, 0.25) is 0 Å². The highest BCUT2D eigenvalue weighted by atomic mass is 16.5. The molecular weight excluding hydrogens is 328 g/mol. The number of carbonyl (C=O) groups excluding carboxylic acids is 1. The molecule has 0 saturated carbocycles. The molecule has 0 unspecified atom stereocenters. The van der Waals surface area contributed by atoms with E-state index in [-0.39, 0.29) is 5.91 Å². The second kappa shape index (κ2) is 9.82. The molecule has 0 aliphatic carbocycles. The fraction of sp³-hybridized carbons (Fsp3) is 0.381. The first kappa shape index (κ1) is 19.8. The molecule has 140 valence electrons. The highest BCUT2D eigenvalue weighted by Gasteiger charge is 2.06. The molecule has 2 aromatic rings. The number of nitrogens with zero attached hydrogens (tertiary/aromatic N) is 1. The van der Waals surface area contributed by atoms with E-state index in [1.54, 1.807) is 14.2 Å². The van der Waals surface area contributed by atoms with Gasteiger partial charge >= 0.3 is 0 Å². The second-order valence-electron chi connectivity index (χ2n) is 6.55. The van der Waals surface area contributed by atoms with Crippen molar-refractivity contribution in [3.05, 3.63) is 59.2 Å². The average molecular weight is 356 g/mol. The number of benzene rings is 2. The molecule has 2 aromatic carbocycles. The standard InChI is InChI=1S/C21H28N2O3/c1-23(2)15-17-7-5-16(6-8-17)14-22-21(24)10-9-18-11-19(25-3)13-20(12-18)26-4/h5-8,11-13H,9-10,14-15H2,1-4H3,(H,22,24). The van der Waals surface area contributed by atoms with Crippen LogP contribution in [0.25, 0.3) is 0 Å². The van der Waals surface area contributed by atoms with Crippen LogP contribution >= 0.6 is 0 Å². The first-order valence-electron chi connectivity index (χ1n) is 8.71. The first-order chi connectivity index (χ1) is 12.5. The summed E-state index contributed by atoms with van der Waals surface area (Å²) in [7, 11) is 7.34. The van der Waals surface area contributed by atoms with Crippen LogP contribution in [-0.4, -0.2) is 39.1 Å². The van der Waals surface area contributed by atoms with Gasteiger partial charge in [0.2, 0.25) is 5.91 Å². The Bertz CT molecular complexity index is 689. The van der Waals surface area contributed by atoms with E-state index in [2.05, 4.69) is 34.5 Å². The summed E-state index contributed by atoms with van der Waals surface area (Å²) in [4.78, 5) is 14.3. The van der Waals surface area contributed by atoms with Gasteiger partial charge in [-0.2, -0.15) is 0 Å². The van der Waals surface area contributed by atoms with Crippen LogP contribution < -0.4 is 14.8 Å². The number of methoxy groups -OCH3 is 2. The fourth-order valence-corrected chi connectivity index (χ4v) is 2.69. The van der Waals surface area contributed by atoms with Gasteiger partial charge in [0.05, 0.1) is 14.2 Å². The minimum absolute atomic E-state index is 0.0316. The van der Waals surface area contributed by atoms with Gasteiger partial charge in [-0.25, -0.2) is 0 Å². The summed E-state index contributed by atoms with van der Waals surface area (Å²) in [5, 5.41) is 2.97. The van der Waals surface area contributed by atoms with Crippen LogP contribution in [0, 0.1) is 0 Å². The summed E-state index contributed by atoms with van der Waals surface area (Å²) in [6.45, 7) is 1.46. The molecule has 1 N–H and O–H groups in total. The Morgan fingerprint density at radius 1 is 0.923 bits per heavy atom. The summed E-state index contributed by atoms with van der Waals surface area (Å²) in [5.41, 5.74) is 3.38. The zero-order chi connectivity index (χ0) is 18.9. The van der Waals surface area contributed by atoms with E-state index in [0.717, 1.165) is 29.2 Å². The number of nitrogens with one attached hydrogen (secondary N) is 1. The Balaban J connectivity index is 1.82. The van der Waals surface area contributed by atoms with Gasteiger partial charge in [-0.3, -0.25) is 4.79 Å². The van der Waals surface area contributed by atoms with Crippen molar-refractivity contribution in [1.82, 2.24) is 10.2 Å². The lowest BCUT2D eigenvalue weighted by atomic mass is 10.1. The van der Waals surface area contributed by atoms with Gasteiger partial charge in [-0.1, -0.05) is 24.3 Å². The Morgan fingerprint density at radius 3 is 2.04 bits per heavy atom. The lowest BCUT2D eigenvalue weighted by Gasteiger charge is -2.11. The molecule has 0 aliphatic rings. The third-order valence-electron chi connectivity index (χ3n) is 4.06. The molecule has 0 bridgehead atoms. The molecule has 0 fully saturated rings. The number of hydrogen-bond acceptors (Lipinski definition) is 4. The largest absolute Gasteiger partial charge is 0.497 e. The maximum absolute atomic E-state index is 12.1. The molecular formula is C21H28N2O3. The Labute approximate surface area is 155 Å². The predicted molar refractivity (Wildman–Crippen MR) is 104 cm³/mol. The minimum atomic E-state index is 0.0316. The van der Waals surface area contributed by atoms with Gasteiger partial charge in [0.25, 0.3) is 0 Å². The third kappa shape index (κ3) is 6.41. The Hall–Kier alpha value is -2.53. The van der Waals surface area contributed by atoms with Crippen molar-refractivity contribution in [1.29, 1.82) is 0 Å². The van der Waals surface area contributed by atoms with Crippen molar-refractivity contribution in [2.45, 2.75) is 25.9 Å². The molecule has 0 aromatic heterocycles. The number of ether oxygens (including phenoxy) is 2. The quantitative estimate of drug-likeness (QED) is 0.750. The maximum Gasteiger partial charge on any atom is 0.220 e. The molecule has 0 spiro atoms. The lowest BCUT2D eigenvalue weighted by Crippen LogP contribution is -2.23. The summed E-state index contributed by atoms with van der Waals surface area (Å²) >= 11 is 0. The van der Waals surface area contributed by atoms with Crippen molar-refractivity contribution in [2.75, 3.05) is 28.3 Å². The van der Waals surface area contributed by atoms with Crippen molar-refractivity contribution in [2.24, 2.45) is 0 Å². The van der Waals surface area contributed by atoms with E-state index in [9.17, 15) is 4.79 Å². The van der Waals surface area contributed by atoms with Crippen LogP contribution in [0.3, 0.4) is 0 Å². The van der Waals surface area contributed by atoms with Crippen molar-refractivity contribution in [3.63, 3.8) is 0 Å². The number of aryl methyl sites for hydroxylation is 1. The van der Waals surface area contributed by atoms with Crippen LogP contribution in [0.5, 0.6) is 11.5 Å². The zero-order valence-electron chi connectivity index (χ0n) is 16.0. The Morgan fingerprint density at radius 2 is 1.50 bits per heavy atom. The molecule has 5 nitrogen and oxygen atoms in total. The highest BCUT2D eigenvalue weighted by molar-refractivity contribution is 5.76. The molecule has 0 heterocycles. The van der Waals surface area contributed by atoms with Gasteiger partial charge in [0.1, 0.15) is 11.5 Å². The number of hydrogen-bond donors (Lipinski definition) is 1. The third-order valence-corrected chi connectivity index (χ3v) is 4.06. The summed E-state index contributed by atoms with van der Waals surface area (Å²) < 4.78 is 10.5. The van der Waals surface area contributed by atoms with Crippen molar-refractivity contribution >= 4 is 5.91 Å². The SMILES string of the molecule is COc1cc(CCC(=O)NCc2ccc(CN(C)C)cc2)cc(OC)c1. The molecule has 5 heteroatoms. The Kier molecular flexibility index (Phi) is 7.48. The zero-order valence-corrected chi connectivity index (χ0v) is 16.0. The molecule has 2 rings (SSSR count). The fourth-order valence-electron chi connectivity index (χ4n) is 2.69. The summed E-state index contributed by atoms with van der Waals surface area (Å²) in [6.07, 6.45) is 1.07. The van der Waals surface area contributed by atoms with Crippen molar-refractivity contribution in [3.8, 4) is 11.5 Å². The van der Waals surface area contributed by atoms with Crippen LogP contribution in [0.1, 0.15) is 23.1 Å². The minimum Gasteiger partial charge on any atom is -0.497 e. The van der Waals surface area contributed by atoms with E-state index in [1.165, 1.54) is 5.56 Å². The molecule has 0 saturated heterocycles. The summed E-state index contributed by atoms with van der Waals surface area (Å²) in [5.74, 6) is 1.50. The van der Waals surface area contributed by atoms with E-state index < -0.39 is 0 Å². The van der Waals surface area contributed by atoms with Gasteiger partial charge in [0, 0.05) is 25.6 Å². The van der Waals surface area contributed by atoms with Gasteiger partial charge < -0.3 is 19.7 Å². The first-order valence-corrected chi connectivity index (χ1v) is 8.71. The van der Waals surface area contributed by atoms with Crippen LogP contribution in [-0.2, 0) is 24.3 Å². The monoisotopic (exact) mass is 356 g/mol. The molecule has 0 aliphatic heterocycles. The maximum atomic E-state index is 12.1. The highest BCUT2D eigenvalue weighted by Crippen LogP contribution is 2.23. The van der Waals surface area contributed by atoms with Gasteiger partial charge in [0.15, 0.2) is 0 Å². The number of amides is 1. The second-order valence-corrected chi connectivity index (χ2v) is 6.55. The number of rotatable bonds is 9. The number of carbonyl (C=O) groups is 1. The summed E-state index contributed by atoms with van der Waals surface area (Å²) in [6, 6.07) is 14.0. The molecule has 0 atom stereocenters. The van der Waals surface area contributed by atoms with Crippen LogP contribution in [0.4, 0.5) is 0 Å². The smallest absolute Gasteiger partial charge is 0.220 e. The molecule has 1 amide bonds. The lowest BCUT2D eigenvalue weighted by molar-refractivity contribution is -0.121. The van der Waals surface area contributed by atoms with Crippen molar-refractivity contribution < 1.29 is 14.3 Å². The average Bonchev–Trinajstić information content (AvgIpc) is 2.65. The van der Waals surface area contributed by atoms with Crippen LogP contribution in [0.15, 0.2) is 42.5 Å². The van der Waals surface area contributed by atoms with Gasteiger partial charge in [-0.15, -0.1) is 0 Å².